The minimum Gasteiger partial charge on any atom is -0.383 e. The molecular weight excluding hydrogens is 232 g/mol. The number of nitrogens with zero attached hydrogens (tertiary/aromatic N) is 2. The van der Waals surface area contributed by atoms with Crippen LogP contribution in [0.3, 0.4) is 0 Å². The van der Waals surface area contributed by atoms with E-state index >= 15 is 0 Å². The number of hydrogen-bond donors (Lipinski definition) is 2. The van der Waals surface area contributed by atoms with Gasteiger partial charge in [0.25, 0.3) is 0 Å². The highest BCUT2D eigenvalue weighted by Gasteiger charge is 2.15. The van der Waals surface area contributed by atoms with Gasteiger partial charge in [-0.3, -0.25) is 9.48 Å². The number of ether oxygens (including phenoxy) is 1. The Kier molecular flexibility index (Phi) is 5.80. The van der Waals surface area contributed by atoms with Crippen LogP contribution in [-0.4, -0.2) is 35.4 Å². The molecule has 0 saturated heterocycles. The van der Waals surface area contributed by atoms with Crippen molar-refractivity contribution in [1.29, 1.82) is 0 Å². The number of nitrogens with two attached hydrogens (primary N) is 1. The Labute approximate surface area is 107 Å². The predicted molar refractivity (Wildman–Crippen MR) is 70.2 cm³/mol. The third-order valence-corrected chi connectivity index (χ3v) is 2.49. The highest BCUT2D eigenvalue weighted by molar-refractivity contribution is 5.94. The summed E-state index contributed by atoms with van der Waals surface area (Å²) in [5, 5.41) is 6.86. The predicted octanol–water partition coefficient (Wildman–Crippen LogP) is 0.841. The SMILES string of the molecule is COCCn1cc(NC(=O)[C@@H](N)CC(C)C)cn1. The molecule has 0 saturated carbocycles. The van der Waals surface area contributed by atoms with Crippen LogP contribution in [0.25, 0.3) is 0 Å². The van der Waals surface area contributed by atoms with Gasteiger partial charge in [0.2, 0.25) is 5.91 Å². The molecule has 0 bridgehead atoms. The summed E-state index contributed by atoms with van der Waals surface area (Å²) in [6, 6.07) is -0.479. The summed E-state index contributed by atoms with van der Waals surface area (Å²) in [7, 11) is 1.64. The van der Waals surface area contributed by atoms with Gasteiger partial charge in [-0.2, -0.15) is 5.10 Å². The Morgan fingerprint density at radius 3 is 2.94 bits per heavy atom. The topological polar surface area (TPSA) is 82.2 Å². The molecule has 0 aromatic carbocycles. The Morgan fingerprint density at radius 2 is 2.33 bits per heavy atom. The average molecular weight is 254 g/mol. The molecule has 1 heterocycles. The molecule has 1 atom stereocenters. The van der Waals surface area contributed by atoms with Crippen LogP contribution in [-0.2, 0) is 16.1 Å². The summed E-state index contributed by atoms with van der Waals surface area (Å²) in [6.45, 7) is 5.32. The molecule has 0 spiro atoms. The van der Waals surface area contributed by atoms with Gasteiger partial charge < -0.3 is 15.8 Å². The number of methoxy groups -OCH3 is 1. The van der Waals surface area contributed by atoms with E-state index in [1.165, 1.54) is 0 Å². The molecule has 0 aliphatic heterocycles. The molecule has 6 heteroatoms. The molecule has 0 fully saturated rings. The first kappa shape index (κ1) is 14.7. The average Bonchev–Trinajstić information content (AvgIpc) is 2.73. The van der Waals surface area contributed by atoms with E-state index in [4.69, 9.17) is 10.5 Å². The van der Waals surface area contributed by atoms with Crippen molar-refractivity contribution in [3.8, 4) is 0 Å². The van der Waals surface area contributed by atoms with Crippen molar-refractivity contribution in [2.45, 2.75) is 32.9 Å². The fourth-order valence-electron chi connectivity index (χ4n) is 1.59. The fraction of sp³-hybridized carbons (Fsp3) is 0.667. The largest absolute Gasteiger partial charge is 0.383 e. The van der Waals surface area contributed by atoms with Crippen LogP contribution in [0, 0.1) is 5.92 Å². The van der Waals surface area contributed by atoms with Crippen LogP contribution < -0.4 is 11.1 Å². The summed E-state index contributed by atoms with van der Waals surface area (Å²) >= 11 is 0. The maximum Gasteiger partial charge on any atom is 0.241 e. The molecule has 1 aromatic heterocycles. The third-order valence-electron chi connectivity index (χ3n) is 2.49. The molecule has 0 unspecified atom stereocenters. The van der Waals surface area contributed by atoms with Crippen LogP contribution >= 0.6 is 0 Å². The van der Waals surface area contributed by atoms with Crippen LogP contribution in [0.15, 0.2) is 12.4 Å². The van der Waals surface area contributed by atoms with Gasteiger partial charge in [0.1, 0.15) is 0 Å². The van der Waals surface area contributed by atoms with Gasteiger partial charge in [0.05, 0.1) is 31.1 Å². The van der Waals surface area contributed by atoms with E-state index in [1.54, 1.807) is 24.2 Å². The Bertz CT molecular complexity index is 376. The quantitative estimate of drug-likeness (QED) is 0.755. The van der Waals surface area contributed by atoms with Crippen molar-refractivity contribution >= 4 is 11.6 Å². The summed E-state index contributed by atoms with van der Waals surface area (Å²) in [5.74, 6) is 0.227. The van der Waals surface area contributed by atoms with Crippen LogP contribution in [0.4, 0.5) is 5.69 Å². The number of hydrogen-bond acceptors (Lipinski definition) is 4. The van der Waals surface area contributed by atoms with Crippen molar-refractivity contribution in [3.05, 3.63) is 12.4 Å². The number of anilines is 1. The van der Waals surface area contributed by atoms with E-state index in [-0.39, 0.29) is 5.91 Å². The van der Waals surface area contributed by atoms with Gasteiger partial charge >= 0.3 is 0 Å². The van der Waals surface area contributed by atoms with E-state index < -0.39 is 6.04 Å². The third kappa shape index (κ3) is 4.85. The van der Waals surface area contributed by atoms with E-state index in [0.717, 1.165) is 0 Å². The summed E-state index contributed by atoms with van der Waals surface area (Å²) in [6.07, 6.45) is 4.04. The van der Waals surface area contributed by atoms with Gasteiger partial charge in [-0.05, 0) is 12.3 Å². The first-order valence-electron chi connectivity index (χ1n) is 6.10. The highest BCUT2D eigenvalue weighted by Crippen LogP contribution is 2.08. The molecule has 0 aliphatic carbocycles. The second-order valence-electron chi connectivity index (χ2n) is 4.71. The second-order valence-corrected chi connectivity index (χ2v) is 4.71. The van der Waals surface area contributed by atoms with Crippen molar-refractivity contribution in [1.82, 2.24) is 9.78 Å². The normalized spacial score (nSPS) is 12.7. The molecular formula is C12H22N4O2. The fourth-order valence-corrected chi connectivity index (χ4v) is 1.59. The molecule has 0 radical (unpaired) electrons. The van der Waals surface area contributed by atoms with Crippen molar-refractivity contribution in [2.75, 3.05) is 19.0 Å². The highest BCUT2D eigenvalue weighted by atomic mass is 16.5. The number of rotatable bonds is 7. The number of amides is 1. The number of nitrogens with one attached hydrogen (secondary N) is 1. The summed E-state index contributed by atoms with van der Waals surface area (Å²) in [4.78, 5) is 11.8. The zero-order valence-corrected chi connectivity index (χ0v) is 11.2. The molecule has 1 rings (SSSR count). The molecule has 0 aliphatic rings. The Morgan fingerprint density at radius 1 is 1.61 bits per heavy atom. The lowest BCUT2D eigenvalue weighted by Crippen LogP contribution is -2.36. The minimum atomic E-state index is -0.479. The second kappa shape index (κ2) is 7.13. The van der Waals surface area contributed by atoms with Gasteiger partial charge in [0, 0.05) is 13.3 Å². The first-order chi connectivity index (χ1) is 8.52. The Balaban J connectivity index is 2.46. The zero-order valence-electron chi connectivity index (χ0n) is 11.2. The van der Waals surface area contributed by atoms with E-state index in [0.29, 0.717) is 31.2 Å². The van der Waals surface area contributed by atoms with Gasteiger partial charge in [-0.1, -0.05) is 13.8 Å². The standard InChI is InChI=1S/C12H22N4O2/c1-9(2)6-11(13)12(17)15-10-7-14-16(8-10)4-5-18-3/h7-9,11H,4-6,13H2,1-3H3,(H,15,17)/t11-/m0/s1. The smallest absolute Gasteiger partial charge is 0.241 e. The van der Waals surface area contributed by atoms with E-state index in [2.05, 4.69) is 10.4 Å². The van der Waals surface area contributed by atoms with Crippen LogP contribution in [0.5, 0.6) is 0 Å². The van der Waals surface area contributed by atoms with Gasteiger partial charge in [-0.15, -0.1) is 0 Å². The lowest BCUT2D eigenvalue weighted by Gasteiger charge is -2.12. The lowest BCUT2D eigenvalue weighted by atomic mass is 10.0. The maximum atomic E-state index is 11.8. The number of carbonyl (C=O) groups excluding carboxylic acids is 1. The van der Waals surface area contributed by atoms with Gasteiger partial charge in [0.15, 0.2) is 0 Å². The zero-order chi connectivity index (χ0) is 13.5. The first-order valence-corrected chi connectivity index (χ1v) is 6.10. The van der Waals surface area contributed by atoms with Crippen LogP contribution in [0.2, 0.25) is 0 Å². The Hall–Kier alpha value is -1.40. The molecule has 18 heavy (non-hydrogen) atoms. The summed E-state index contributed by atoms with van der Waals surface area (Å²) < 4.78 is 6.67. The van der Waals surface area contributed by atoms with Gasteiger partial charge in [-0.25, -0.2) is 0 Å². The minimum absolute atomic E-state index is 0.171. The maximum absolute atomic E-state index is 11.8. The van der Waals surface area contributed by atoms with Crippen molar-refractivity contribution in [3.63, 3.8) is 0 Å². The lowest BCUT2D eigenvalue weighted by molar-refractivity contribution is -0.117. The molecule has 102 valence electrons. The summed E-state index contributed by atoms with van der Waals surface area (Å²) in [5.41, 5.74) is 6.46. The van der Waals surface area contributed by atoms with E-state index in [1.807, 2.05) is 13.8 Å². The monoisotopic (exact) mass is 254 g/mol. The number of carbonyl (C=O) groups is 1. The molecule has 1 amide bonds. The number of aromatic nitrogens is 2. The molecule has 3 N–H and O–H groups in total. The van der Waals surface area contributed by atoms with Crippen molar-refractivity contribution < 1.29 is 9.53 Å². The molecule has 6 nitrogen and oxygen atoms in total. The van der Waals surface area contributed by atoms with Crippen molar-refractivity contribution in [2.24, 2.45) is 11.7 Å². The van der Waals surface area contributed by atoms with E-state index in [9.17, 15) is 4.79 Å². The molecule has 1 aromatic rings. The van der Waals surface area contributed by atoms with Crippen LogP contribution in [0.1, 0.15) is 20.3 Å².